The van der Waals surface area contributed by atoms with Gasteiger partial charge in [0, 0.05) is 11.1 Å². The van der Waals surface area contributed by atoms with Crippen molar-refractivity contribution in [1.29, 1.82) is 0 Å². The van der Waals surface area contributed by atoms with Crippen LogP contribution in [0.25, 0.3) is 11.0 Å². The molecule has 1 atom stereocenters. The molecule has 1 fully saturated rings. The molecule has 34 heavy (non-hydrogen) atoms. The molecule has 182 valence electrons. The molecule has 1 saturated heterocycles. The molecule has 1 aliphatic rings. The zero-order valence-electron chi connectivity index (χ0n) is 18.5. The molecule has 3 heterocycles. The van der Waals surface area contributed by atoms with Crippen LogP contribution in [-0.4, -0.2) is 41.7 Å². The predicted octanol–water partition coefficient (Wildman–Crippen LogP) is 3.39. The third kappa shape index (κ3) is 4.46. The van der Waals surface area contributed by atoms with Crippen molar-refractivity contribution in [2.24, 2.45) is 0 Å². The van der Waals surface area contributed by atoms with E-state index in [1.165, 1.54) is 25.6 Å². The first kappa shape index (κ1) is 24.0. The van der Waals surface area contributed by atoms with Crippen molar-refractivity contribution >= 4 is 26.7 Å². The van der Waals surface area contributed by atoms with Crippen LogP contribution in [0.1, 0.15) is 54.8 Å². The second-order valence-corrected chi connectivity index (χ2v) is 10.5. The third-order valence-corrected chi connectivity index (χ3v) is 7.79. The number of fused-ring (bicyclic) bond motifs is 1. The average molecular weight is 497 g/mol. The maximum Gasteiger partial charge on any atom is 0.288 e. The van der Waals surface area contributed by atoms with Crippen molar-refractivity contribution in [3.8, 4) is 0 Å². The van der Waals surface area contributed by atoms with Gasteiger partial charge in [-0.05, 0) is 31.7 Å². The molecule has 0 saturated carbocycles. The molecular weight excluding hydrogens is 473 g/mol. The number of alkyl halides is 2. The molecule has 0 bridgehead atoms. The topological polar surface area (TPSA) is 103 Å². The Morgan fingerprint density at radius 1 is 1.18 bits per heavy atom. The summed E-state index contributed by atoms with van der Waals surface area (Å²) in [6.45, 7) is 1.60. The van der Waals surface area contributed by atoms with Gasteiger partial charge in [0.2, 0.25) is 0 Å². The average Bonchev–Trinajstić information content (AvgIpc) is 2.79. The summed E-state index contributed by atoms with van der Waals surface area (Å²) in [5.41, 5.74) is -0.594. The summed E-state index contributed by atoms with van der Waals surface area (Å²) in [6, 6.07) is 4.64. The van der Waals surface area contributed by atoms with Crippen molar-refractivity contribution in [1.82, 2.24) is 14.7 Å². The lowest BCUT2D eigenvalue weighted by molar-refractivity contribution is 0.146. The van der Waals surface area contributed by atoms with Crippen LogP contribution in [-0.2, 0) is 9.84 Å². The molecule has 0 spiro atoms. The first-order valence-corrected chi connectivity index (χ1v) is 12.4. The van der Waals surface area contributed by atoms with Crippen LogP contribution >= 0.6 is 0 Å². The first-order chi connectivity index (χ1) is 16.1. The highest BCUT2D eigenvalue weighted by atomic mass is 32.2. The number of pyridine rings is 1. The van der Waals surface area contributed by atoms with E-state index in [4.69, 9.17) is 4.84 Å². The zero-order chi connectivity index (χ0) is 24.6. The number of nitrogens with one attached hydrogen (secondary N) is 1. The van der Waals surface area contributed by atoms with Crippen LogP contribution < -0.4 is 15.7 Å². The van der Waals surface area contributed by atoms with Crippen LogP contribution in [0.4, 0.5) is 19.0 Å². The Balaban J connectivity index is 1.77. The number of hydrogen-bond acceptors (Lipinski definition) is 7. The van der Waals surface area contributed by atoms with Gasteiger partial charge in [0.15, 0.2) is 5.65 Å². The minimum Gasteiger partial charge on any atom is -0.412 e. The molecule has 0 aliphatic carbocycles. The molecule has 0 amide bonds. The number of anilines is 1. The number of hydrogen-bond donors (Lipinski definition) is 1. The standard InChI is InChI=1S/C22H23F3N4O4S/c1-12(14-4-3-5-15(18(14)23)19(24)25)28-20-17-10-16(13-6-8-34(31,32)9-7-13)22(30)29(33-2)21(17)27-11-26-20/h3-5,10-13,19H,6-9H2,1-2H3,(H,26,27,28)/t12-/m1/s1. The van der Waals surface area contributed by atoms with Crippen LogP contribution in [0.5, 0.6) is 0 Å². The fourth-order valence-corrected chi connectivity index (χ4v) is 5.74. The summed E-state index contributed by atoms with van der Waals surface area (Å²) >= 11 is 0. The van der Waals surface area contributed by atoms with E-state index in [0.29, 0.717) is 23.8 Å². The minimum absolute atomic E-state index is 0.0185. The zero-order valence-corrected chi connectivity index (χ0v) is 19.3. The molecule has 12 heteroatoms. The number of halogens is 3. The van der Waals surface area contributed by atoms with Gasteiger partial charge in [0.1, 0.15) is 34.9 Å². The Morgan fingerprint density at radius 2 is 1.85 bits per heavy atom. The Morgan fingerprint density at radius 3 is 2.50 bits per heavy atom. The van der Waals surface area contributed by atoms with E-state index in [2.05, 4.69) is 15.3 Å². The van der Waals surface area contributed by atoms with E-state index in [1.807, 2.05) is 0 Å². The van der Waals surface area contributed by atoms with Gasteiger partial charge in [-0.3, -0.25) is 4.79 Å². The molecule has 0 radical (unpaired) electrons. The van der Waals surface area contributed by atoms with E-state index in [0.717, 1.165) is 10.8 Å². The van der Waals surface area contributed by atoms with E-state index in [1.54, 1.807) is 13.0 Å². The molecule has 3 aromatic rings. The van der Waals surface area contributed by atoms with Crippen LogP contribution in [0.3, 0.4) is 0 Å². The van der Waals surface area contributed by atoms with Gasteiger partial charge < -0.3 is 10.2 Å². The highest BCUT2D eigenvalue weighted by Crippen LogP contribution is 2.32. The van der Waals surface area contributed by atoms with Gasteiger partial charge in [0.25, 0.3) is 12.0 Å². The molecule has 1 aliphatic heterocycles. The maximum atomic E-state index is 14.7. The Bertz CT molecular complexity index is 1380. The van der Waals surface area contributed by atoms with Gasteiger partial charge in [-0.2, -0.15) is 0 Å². The summed E-state index contributed by atoms with van der Waals surface area (Å²) in [5.74, 6) is -1.10. The van der Waals surface area contributed by atoms with Crippen molar-refractivity contribution in [3.63, 3.8) is 0 Å². The summed E-state index contributed by atoms with van der Waals surface area (Å²) in [5, 5.41) is 3.41. The quantitative estimate of drug-likeness (QED) is 0.558. The molecule has 2 aromatic heterocycles. The fraction of sp³-hybridized carbons (Fsp3) is 0.409. The third-order valence-electron chi connectivity index (χ3n) is 6.08. The molecular formula is C22H23F3N4O4S. The lowest BCUT2D eigenvalue weighted by Gasteiger charge is -2.23. The van der Waals surface area contributed by atoms with Crippen molar-refractivity contribution in [2.75, 3.05) is 23.9 Å². The number of sulfone groups is 1. The van der Waals surface area contributed by atoms with Crippen molar-refractivity contribution in [2.45, 2.75) is 38.2 Å². The monoisotopic (exact) mass is 496 g/mol. The largest absolute Gasteiger partial charge is 0.412 e. The Labute approximate surface area is 193 Å². The predicted molar refractivity (Wildman–Crippen MR) is 120 cm³/mol. The van der Waals surface area contributed by atoms with Gasteiger partial charge in [-0.25, -0.2) is 31.6 Å². The second-order valence-electron chi connectivity index (χ2n) is 8.18. The van der Waals surface area contributed by atoms with Crippen LogP contribution in [0, 0.1) is 5.82 Å². The number of benzene rings is 1. The summed E-state index contributed by atoms with van der Waals surface area (Å²) in [7, 11) is -1.82. The highest BCUT2D eigenvalue weighted by molar-refractivity contribution is 7.91. The van der Waals surface area contributed by atoms with Crippen molar-refractivity contribution < 1.29 is 26.4 Å². The lowest BCUT2D eigenvalue weighted by Crippen LogP contribution is -2.32. The molecule has 8 nitrogen and oxygen atoms in total. The lowest BCUT2D eigenvalue weighted by atomic mass is 9.94. The molecule has 1 N–H and O–H groups in total. The fourth-order valence-electron chi connectivity index (χ4n) is 4.24. The number of aromatic nitrogens is 3. The van der Waals surface area contributed by atoms with Gasteiger partial charge in [-0.1, -0.05) is 18.2 Å². The van der Waals surface area contributed by atoms with E-state index < -0.39 is 39.2 Å². The summed E-state index contributed by atoms with van der Waals surface area (Å²) < 4.78 is 65.6. The normalized spacial score (nSPS) is 17.1. The number of nitrogens with zero attached hydrogens (tertiary/aromatic N) is 3. The van der Waals surface area contributed by atoms with E-state index >= 15 is 0 Å². The van der Waals surface area contributed by atoms with Crippen LogP contribution in [0.2, 0.25) is 0 Å². The maximum absolute atomic E-state index is 14.7. The van der Waals surface area contributed by atoms with Gasteiger partial charge in [-0.15, -0.1) is 4.73 Å². The van der Waals surface area contributed by atoms with Crippen LogP contribution in [0.15, 0.2) is 35.4 Å². The Kier molecular flexibility index (Phi) is 6.52. The summed E-state index contributed by atoms with van der Waals surface area (Å²) in [6.07, 6.45) is -1.16. The minimum atomic E-state index is -3.13. The number of rotatable bonds is 6. The highest BCUT2D eigenvalue weighted by Gasteiger charge is 2.28. The van der Waals surface area contributed by atoms with Crippen molar-refractivity contribution in [3.05, 3.63) is 63.5 Å². The first-order valence-electron chi connectivity index (χ1n) is 10.6. The summed E-state index contributed by atoms with van der Waals surface area (Å²) in [4.78, 5) is 26.7. The van der Waals surface area contributed by atoms with Gasteiger partial charge >= 0.3 is 0 Å². The molecule has 1 aromatic carbocycles. The Hall–Kier alpha value is -3.15. The molecule has 4 rings (SSSR count). The van der Waals surface area contributed by atoms with E-state index in [-0.39, 0.29) is 34.5 Å². The smallest absolute Gasteiger partial charge is 0.288 e. The SMILES string of the molecule is COn1c(=O)c(C2CCS(=O)(=O)CC2)cc2c(N[C@H](C)c3cccc(C(F)F)c3F)ncnc21. The molecule has 0 unspecified atom stereocenters. The second kappa shape index (κ2) is 9.24. The van der Waals surface area contributed by atoms with Gasteiger partial charge in [0.05, 0.1) is 28.5 Å². The van der Waals surface area contributed by atoms with E-state index in [9.17, 15) is 26.4 Å².